The largest absolute Gasteiger partial charge is 0.339 e. The topological polar surface area (TPSA) is 20.3 Å². The zero-order chi connectivity index (χ0) is 12.7. The Morgan fingerprint density at radius 2 is 2.00 bits per heavy atom. The lowest BCUT2D eigenvalue weighted by Gasteiger charge is -2.41. The van der Waals surface area contributed by atoms with Crippen LogP contribution in [0.4, 0.5) is 0 Å². The number of piperidine rings is 1. The fourth-order valence-corrected chi connectivity index (χ4v) is 4.14. The van der Waals surface area contributed by atoms with Crippen LogP contribution in [0.3, 0.4) is 0 Å². The molecule has 2 nitrogen and oxygen atoms in total. The molecule has 2 heteroatoms. The van der Waals surface area contributed by atoms with Crippen LogP contribution in [-0.4, -0.2) is 23.4 Å². The van der Waals surface area contributed by atoms with Crippen molar-refractivity contribution < 1.29 is 4.79 Å². The summed E-state index contributed by atoms with van der Waals surface area (Å²) in [6.45, 7) is 10.2. The molecule has 2 unspecified atom stereocenters. The van der Waals surface area contributed by atoms with Crippen LogP contribution in [0, 0.1) is 10.8 Å². The Morgan fingerprint density at radius 1 is 1.29 bits per heavy atom. The maximum atomic E-state index is 12.3. The maximum Gasteiger partial charge on any atom is 0.222 e. The Labute approximate surface area is 106 Å². The zero-order valence-electron chi connectivity index (χ0n) is 11.9. The summed E-state index contributed by atoms with van der Waals surface area (Å²) in [5.74, 6) is 0.403. The second-order valence-electron chi connectivity index (χ2n) is 7.17. The molecular weight excluding hydrogens is 210 g/mol. The number of hydrogen-bond acceptors (Lipinski definition) is 1. The van der Waals surface area contributed by atoms with Gasteiger partial charge in [-0.15, -0.1) is 0 Å². The molecule has 1 aliphatic heterocycles. The number of carbonyl (C=O) groups excluding carboxylic acids is 1. The van der Waals surface area contributed by atoms with E-state index < -0.39 is 0 Å². The minimum atomic E-state index is 0.327. The third-order valence-electron chi connectivity index (χ3n) is 4.71. The molecule has 98 valence electrons. The van der Waals surface area contributed by atoms with Crippen molar-refractivity contribution in [3.8, 4) is 0 Å². The second kappa shape index (κ2) is 4.29. The van der Waals surface area contributed by atoms with E-state index in [1.165, 1.54) is 25.7 Å². The fraction of sp³-hybridized carbons (Fsp3) is 0.933. The van der Waals surface area contributed by atoms with E-state index in [2.05, 4.69) is 32.6 Å². The van der Waals surface area contributed by atoms with E-state index >= 15 is 0 Å². The Bertz CT molecular complexity index is 307. The van der Waals surface area contributed by atoms with Crippen molar-refractivity contribution in [1.29, 1.82) is 0 Å². The van der Waals surface area contributed by atoms with E-state index in [-0.39, 0.29) is 0 Å². The van der Waals surface area contributed by atoms with Crippen LogP contribution in [0.5, 0.6) is 0 Å². The number of unbranched alkanes of at least 4 members (excludes halogenated alkanes) is 2. The van der Waals surface area contributed by atoms with Gasteiger partial charge in [-0.3, -0.25) is 4.79 Å². The third kappa shape index (κ3) is 2.36. The fourth-order valence-electron chi connectivity index (χ4n) is 4.14. The summed E-state index contributed by atoms with van der Waals surface area (Å²) < 4.78 is 0. The first kappa shape index (κ1) is 12.9. The number of hydrogen-bond donors (Lipinski definition) is 0. The Hall–Kier alpha value is -0.530. The van der Waals surface area contributed by atoms with Gasteiger partial charge in [0.2, 0.25) is 5.91 Å². The number of fused-ring (bicyclic) bond motifs is 2. The zero-order valence-corrected chi connectivity index (χ0v) is 11.9. The molecule has 17 heavy (non-hydrogen) atoms. The standard InChI is InChI=1S/C15H27NO/c1-5-6-7-8-13(17)16-11-15(4)9-12(16)14(2,3)10-15/h12H,5-11H2,1-4H3. The quantitative estimate of drug-likeness (QED) is 0.684. The Morgan fingerprint density at radius 3 is 2.53 bits per heavy atom. The molecule has 0 N–H and O–H groups in total. The summed E-state index contributed by atoms with van der Waals surface area (Å²) in [6.07, 6.45) is 6.71. The molecule has 0 aromatic rings. The molecule has 1 amide bonds. The first-order valence-corrected chi connectivity index (χ1v) is 7.17. The molecule has 2 fully saturated rings. The lowest BCUT2D eigenvalue weighted by Crippen LogP contribution is -2.47. The highest BCUT2D eigenvalue weighted by atomic mass is 16.2. The Balaban J connectivity index is 1.97. The first-order valence-electron chi connectivity index (χ1n) is 7.17. The molecule has 1 saturated carbocycles. The Kier molecular flexibility index (Phi) is 3.26. The number of likely N-dealkylation sites (tertiary alicyclic amines) is 1. The molecule has 0 aromatic heterocycles. The molecule has 1 saturated heterocycles. The van der Waals surface area contributed by atoms with Crippen LogP contribution >= 0.6 is 0 Å². The molecule has 0 aromatic carbocycles. The number of rotatable bonds is 4. The predicted octanol–water partition coefficient (Wildman–Crippen LogP) is 3.60. The molecule has 1 aliphatic carbocycles. The molecule has 2 rings (SSSR count). The van der Waals surface area contributed by atoms with Crippen molar-refractivity contribution in [1.82, 2.24) is 4.90 Å². The van der Waals surface area contributed by atoms with Crippen LogP contribution in [0.2, 0.25) is 0 Å². The maximum absolute atomic E-state index is 12.3. The van der Waals surface area contributed by atoms with Gasteiger partial charge in [0, 0.05) is 19.0 Å². The number of amides is 1. The highest BCUT2D eigenvalue weighted by molar-refractivity contribution is 5.77. The van der Waals surface area contributed by atoms with E-state index in [0.29, 0.717) is 22.8 Å². The predicted molar refractivity (Wildman–Crippen MR) is 70.8 cm³/mol. The van der Waals surface area contributed by atoms with Gasteiger partial charge in [-0.25, -0.2) is 0 Å². The van der Waals surface area contributed by atoms with Gasteiger partial charge in [-0.2, -0.15) is 0 Å². The van der Waals surface area contributed by atoms with E-state index in [1.54, 1.807) is 0 Å². The normalized spacial score (nSPS) is 34.4. The van der Waals surface area contributed by atoms with Crippen LogP contribution < -0.4 is 0 Å². The van der Waals surface area contributed by atoms with Crippen LogP contribution in [0.15, 0.2) is 0 Å². The SMILES string of the molecule is CCCCCC(=O)N1CC2(C)CC1C(C)(C)C2. The number of carbonyl (C=O) groups is 1. The smallest absolute Gasteiger partial charge is 0.222 e. The third-order valence-corrected chi connectivity index (χ3v) is 4.71. The van der Waals surface area contributed by atoms with Crippen LogP contribution in [-0.2, 0) is 4.79 Å². The van der Waals surface area contributed by atoms with E-state index in [9.17, 15) is 4.79 Å². The lowest BCUT2D eigenvalue weighted by atomic mass is 9.79. The van der Waals surface area contributed by atoms with Crippen molar-refractivity contribution in [2.24, 2.45) is 10.8 Å². The van der Waals surface area contributed by atoms with Crippen molar-refractivity contribution in [2.45, 2.75) is 72.3 Å². The summed E-state index contributed by atoms with van der Waals surface area (Å²) in [5.41, 5.74) is 0.724. The van der Waals surface area contributed by atoms with Crippen molar-refractivity contribution in [3.63, 3.8) is 0 Å². The van der Waals surface area contributed by atoms with Gasteiger partial charge in [0.15, 0.2) is 0 Å². The molecular formula is C15H27NO. The molecule has 2 bridgehead atoms. The van der Waals surface area contributed by atoms with Crippen molar-refractivity contribution >= 4 is 5.91 Å². The molecule has 0 radical (unpaired) electrons. The van der Waals surface area contributed by atoms with E-state index in [4.69, 9.17) is 0 Å². The van der Waals surface area contributed by atoms with Crippen molar-refractivity contribution in [3.05, 3.63) is 0 Å². The summed E-state index contributed by atoms with van der Waals surface area (Å²) in [5, 5.41) is 0. The van der Waals surface area contributed by atoms with Crippen LogP contribution in [0.25, 0.3) is 0 Å². The van der Waals surface area contributed by atoms with Gasteiger partial charge < -0.3 is 4.90 Å². The van der Waals surface area contributed by atoms with Crippen LogP contribution in [0.1, 0.15) is 66.2 Å². The first-order chi connectivity index (χ1) is 7.88. The summed E-state index contributed by atoms with van der Waals surface area (Å²) in [7, 11) is 0. The molecule has 2 aliphatic rings. The molecule has 2 atom stereocenters. The molecule has 0 spiro atoms. The minimum absolute atomic E-state index is 0.327. The average molecular weight is 237 g/mol. The van der Waals surface area contributed by atoms with Crippen molar-refractivity contribution in [2.75, 3.05) is 6.54 Å². The van der Waals surface area contributed by atoms with Gasteiger partial charge in [0.05, 0.1) is 0 Å². The van der Waals surface area contributed by atoms with E-state index in [1.807, 2.05) is 0 Å². The summed E-state index contributed by atoms with van der Waals surface area (Å²) in [4.78, 5) is 14.5. The summed E-state index contributed by atoms with van der Waals surface area (Å²) >= 11 is 0. The lowest BCUT2D eigenvalue weighted by molar-refractivity contribution is -0.136. The van der Waals surface area contributed by atoms with Gasteiger partial charge in [0.1, 0.15) is 0 Å². The number of nitrogens with zero attached hydrogens (tertiary/aromatic N) is 1. The highest BCUT2D eigenvalue weighted by Crippen LogP contribution is 2.56. The monoisotopic (exact) mass is 237 g/mol. The molecule has 1 heterocycles. The van der Waals surface area contributed by atoms with Gasteiger partial charge >= 0.3 is 0 Å². The van der Waals surface area contributed by atoms with Gasteiger partial charge in [-0.05, 0) is 30.1 Å². The highest BCUT2D eigenvalue weighted by Gasteiger charge is 2.56. The summed E-state index contributed by atoms with van der Waals surface area (Å²) in [6, 6.07) is 0.502. The van der Waals surface area contributed by atoms with Gasteiger partial charge in [-0.1, -0.05) is 40.5 Å². The second-order valence-corrected chi connectivity index (χ2v) is 7.17. The van der Waals surface area contributed by atoms with Gasteiger partial charge in [0.25, 0.3) is 0 Å². The van der Waals surface area contributed by atoms with E-state index in [0.717, 1.165) is 19.4 Å². The minimum Gasteiger partial charge on any atom is -0.339 e. The average Bonchev–Trinajstić information content (AvgIpc) is 2.66.